The third kappa shape index (κ3) is 5.41. The maximum Gasteiger partial charge on any atom is 0.341 e. The molecule has 26 heavy (non-hydrogen) atoms. The van der Waals surface area contributed by atoms with E-state index < -0.39 is 12.6 Å². The van der Waals surface area contributed by atoms with Crippen molar-refractivity contribution in [2.24, 2.45) is 0 Å². The van der Waals surface area contributed by atoms with Crippen molar-refractivity contribution >= 4 is 11.9 Å². The average Bonchev–Trinajstić information content (AvgIpc) is 2.66. The second-order valence-corrected chi connectivity index (χ2v) is 5.39. The van der Waals surface area contributed by atoms with E-state index >= 15 is 0 Å². The number of hydrogen-bond acceptors (Lipinski definition) is 5. The fourth-order valence-corrected chi connectivity index (χ4v) is 2.36. The molecule has 0 heterocycles. The first kappa shape index (κ1) is 19.1. The van der Waals surface area contributed by atoms with E-state index in [4.69, 9.17) is 19.3 Å². The molecule has 2 aromatic rings. The Morgan fingerprint density at radius 3 is 2.54 bits per heavy atom. The summed E-state index contributed by atoms with van der Waals surface area (Å²) in [6.07, 6.45) is 0.571. The second-order valence-electron chi connectivity index (χ2n) is 5.39. The molecule has 0 saturated heterocycles. The number of ether oxygens (including phenoxy) is 3. The first-order valence-corrected chi connectivity index (χ1v) is 7.97. The fraction of sp³-hybridized carbons (Fsp3) is 0.263. The zero-order valence-corrected chi connectivity index (χ0v) is 14.7. The van der Waals surface area contributed by atoms with Gasteiger partial charge < -0.3 is 24.6 Å². The topological polar surface area (TPSA) is 94.1 Å². The molecule has 0 bridgehead atoms. The van der Waals surface area contributed by atoms with Crippen LogP contribution in [-0.2, 0) is 11.2 Å². The number of aliphatic carboxylic acids is 1. The van der Waals surface area contributed by atoms with E-state index in [1.54, 1.807) is 32.4 Å². The Hall–Kier alpha value is -3.22. The van der Waals surface area contributed by atoms with Crippen LogP contribution in [0.1, 0.15) is 15.9 Å². The molecule has 1 amide bonds. The minimum atomic E-state index is -1.08. The standard InChI is InChI=1S/C19H21NO6/c1-24-15-6-7-17(25-2)13(10-15)8-9-20-19(23)14-4-3-5-16(11-14)26-12-18(21)22/h3-7,10-11H,8-9,12H2,1-2H3,(H,20,23)(H,21,22). The van der Waals surface area contributed by atoms with Crippen LogP contribution >= 0.6 is 0 Å². The summed E-state index contributed by atoms with van der Waals surface area (Å²) in [6, 6.07) is 11.9. The molecule has 0 saturated carbocycles. The summed E-state index contributed by atoms with van der Waals surface area (Å²) in [5, 5.41) is 11.5. The molecule has 2 N–H and O–H groups in total. The molecule has 7 nitrogen and oxygen atoms in total. The van der Waals surface area contributed by atoms with E-state index in [0.29, 0.717) is 24.3 Å². The first-order chi connectivity index (χ1) is 12.5. The van der Waals surface area contributed by atoms with Gasteiger partial charge in [0, 0.05) is 12.1 Å². The number of rotatable bonds is 9. The van der Waals surface area contributed by atoms with Gasteiger partial charge in [-0.1, -0.05) is 6.07 Å². The monoisotopic (exact) mass is 359 g/mol. The molecule has 0 aliphatic rings. The SMILES string of the molecule is COc1ccc(OC)c(CCNC(=O)c2cccc(OCC(=O)O)c2)c1. The van der Waals surface area contributed by atoms with Crippen LogP contribution < -0.4 is 19.5 Å². The molecule has 0 unspecified atom stereocenters. The average molecular weight is 359 g/mol. The molecular formula is C19H21NO6. The van der Waals surface area contributed by atoms with Crippen molar-refractivity contribution in [2.75, 3.05) is 27.4 Å². The lowest BCUT2D eigenvalue weighted by atomic mass is 10.1. The first-order valence-electron chi connectivity index (χ1n) is 7.97. The molecule has 0 fully saturated rings. The highest BCUT2D eigenvalue weighted by molar-refractivity contribution is 5.94. The van der Waals surface area contributed by atoms with E-state index in [1.165, 1.54) is 6.07 Å². The summed E-state index contributed by atoms with van der Waals surface area (Å²) in [5.74, 6) is 0.425. The molecule has 0 aliphatic heterocycles. The normalized spacial score (nSPS) is 10.1. The second kappa shape index (κ2) is 9.31. The number of amides is 1. The zero-order chi connectivity index (χ0) is 18.9. The number of carbonyl (C=O) groups excluding carboxylic acids is 1. The van der Waals surface area contributed by atoms with Crippen LogP contribution in [0.15, 0.2) is 42.5 Å². The van der Waals surface area contributed by atoms with Gasteiger partial charge >= 0.3 is 5.97 Å². The van der Waals surface area contributed by atoms with Gasteiger partial charge in [-0.2, -0.15) is 0 Å². The van der Waals surface area contributed by atoms with Gasteiger partial charge in [-0.05, 0) is 48.4 Å². The van der Waals surface area contributed by atoms with Gasteiger partial charge in [-0.3, -0.25) is 4.79 Å². The smallest absolute Gasteiger partial charge is 0.341 e. The van der Waals surface area contributed by atoms with Crippen molar-refractivity contribution < 1.29 is 28.9 Å². The molecule has 7 heteroatoms. The van der Waals surface area contributed by atoms with Crippen LogP contribution in [0.3, 0.4) is 0 Å². The van der Waals surface area contributed by atoms with Crippen LogP contribution in [0, 0.1) is 0 Å². The Kier molecular flexibility index (Phi) is 6.84. The number of nitrogens with one attached hydrogen (secondary N) is 1. The van der Waals surface area contributed by atoms with Gasteiger partial charge in [-0.25, -0.2) is 4.79 Å². The van der Waals surface area contributed by atoms with Crippen molar-refractivity contribution in [1.29, 1.82) is 0 Å². The van der Waals surface area contributed by atoms with E-state index in [1.807, 2.05) is 18.2 Å². The largest absolute Gasteiger partial charge is 0.497 e. The van der Waals surface area contributed by atoms with E-state index in [-0.39, 0.29) is 5.91 Å². The molecule has 0 spiro atoms. The number of hydrogen-bond donors (Lipinski definition) is 2. The van der Waals surface area contributed by atoms with Gasteiger partial charge in [0.25, 0.3) is 5.91 Å². The zero-order valence-electron chi connectivity index (χ0n) is 14.7. The highest BCUT2D eigenvalue weighted by Gasteiger charge is 2.09. The van der Waals surface area contributed by atoms with Crippen LogP contribution in [0.2, 0.25) is 0 Å². The highest BCUT2D eigenvalue weighted by atomic mass is 16.5. The van der Waals surface area contributed by atoms with Gasteiger partial charge in [0.1, 0.15) is 17.2 Å². The number of carbonyl (C=O) groups is 2. The van der Waals surface area contributed by atoms with Crippen LogP contribution in [0.5, 0.6) is 17.2 Å². The van der Waals surface area contributed by atoms with Crippen molar-refractivity contribution in [2.45, 2.75) is 6.42 Å². The van der Waals surface area contributed by atoms with E-state index in [0.717, 1.165) is 17.1 Å². The lowest BCUT2D eigenvalue weighted by Crippen LogP contribution is -2.25. The van der Waals surface area contributed by atoms with Gasteiger partial charge in [0.15, 0.2) is 6.61 Å². The molecule has 0 atom stereocenters. The predicted molar refractivity (Wildman–Crippen MR) is 95.2 cm³/mol. The Labute approximate surface area is 151 Å². The Morgan fingerprint density at radius 2 is 1.85 bits per heavy atom. The van der Waals surface area contributed by atoms with Crippen molar-refractivity contribution in [1.82, 2.24) is 5.32 Å². The van der Waals surface area contributed by atoms with Crippen molar-refractivity contribution in [3.63, 3.8) is 0 Å². The third-order valence-electron chi connectivity index (χ3n) is 3.63. The Balaban J connectivity index is 1.95. The van der Waals surface area contributed by atoms with Gasteiger partial charge in [0.2, 0.25) is 0 Å². The molecule has 2 aromatic carbocycles. The molecule has 138 valence electrons. The van der Waals surface area contributed by atoms with Gasteiger partial charge in [-0.15, -0.1) is 0 Å². The highest BCUT2D eigenvalue weighted by Crippen LogP contribution is 2.24. The number of carboxylic acid groups (broad SMARTS) is 1. The van der Waals surface area contributed by atoms with E-state index in [9.17, 15) is 9.59 Å². The molecule has 0 aromatic heterocycles. The van der Waals surface area contributed by atoms with E-state index in [2.05, 4.69) is 5.32 Å². The Bertz CT molecular complexity index is 774. The summed E-state index contributed by atoms with van der Waals surface area (Å²) >= 11 is 0. The summed E-state index contributed by atoms with van der Waals surface area (Å²) in [6.45, 7) is -0.0523. The fourth-order valence-electron chi connectivity index (χ4n) is 2.36. The van der Waals surface area contributed by atoms with Gasteiger partial charge in [0.05, 0.1) is 14.2 Å². The van der Waals surface area contributed by atoms with Crippen LogP contribution in [-0.4, -0.2) is 44.4 Å². The summed E-state index contributed by atoms with van der Waals surface area (Å²) in [4.78, 5) is 22.8. The number of methoxy groups -OCH3 is 2. The lowest BCUT2D eigenvalue weighted by molar-refractivity contribution is -0.139. The predicted octanol–water partition coefficient (Wildman–Crippen LogP) is 2.14. The maximum absolute atomic E-state index is 12.3. The molecule has 2 rings (SSSR count). The Morgan fingerprint density at radius 1 is 1.04 bits per heavy atom. The molecular weight excluding hydrogens is 338 g/mol. The molecule has 0 aliphatic carbocycles. The number of benzene rings is 2. The summed E-state index contributed by atoms with van der Waals surface area (Å²) in [7, 11) is 3.18. The van der Waals surface area contributed by atoms with Crippen LogP contribution in [0.25, 0.3) is 0 Å². The summed E-state index contributed by atoms with van der Waals surface area (Å²) < 4.78 is 15.6. The number of carboxylic acids is 1. The van der Waals surface area contributed by atoms with Crippen LogP contribution in [0.4, 0.5) is 0 Å². The van der Waals surface area contributed by atoms with Crippen molar-refractivity contribution in [3.8, 4) is 17.2 Å². The quantitative estimate of drug-likeness (QED) is 0.712. The van der Waals surface area contributed by atoms with Crippen molar-refractivity contribution in [3.05, 3.63) is 53.6 Å². The minimum Gasteiger partial charge on any atom is -0.497 e. The third-order valence-corrected chi connectivity index (χ3v) is 3.63. The maximum atomic E-state index is 12.3. The lowest BCUT2D eigenvalue weighted by Gasteiger charge is -2.11. The summed E-state index contributed by atoms with van der Waals surface area (Å²) in [5.41, 5.74) is 1.32. The minimum absolute atomic E-state index is 0.271. The molecule has 0 radical (unpaired) electrons.